The molecule has 4 aliphatic rings. The number of ether oxygens (including phenoxy) is 4. The van der Waals surface area contributed by atoms with Crippen molar-refractivity contribution in [2.24, 2.45) is 22.7 Å². The third-order valence-corrected chi connectivity index (χ3v) is 12.8. The molecule has 23 heteroatoms. The van der Waals surface area contributed by atoms with E-state index in [0.717, 1.165) is 6.08 Å². The maximum Gasteiger partial charge on any atom is 0.514 e. The van der Waals surface area contributed by atoms with Gasteiger partial charge in [-0.05, 0) is 74.3 Å². The average molecular weight is 910 g/mol. The molecular formula is C41H49F2N3O18. The summed E-state index contributed by atoms with van der Waals surface area (Å²) in [6.45, 7) is 1.90. The number of nitrogens with one attached hydrogen (secondary N) is 1. The number of hydrogen-bond donors (Lipinski definition) is 3. The Labute approximate surface area is 363 Å². The number of rotatable bonds is 20. The van der Waals surface area contributed by atoms with Gasteiger partial charge in [-0.25, -0.2) is 18.4 Å². The second-order valence-corrected chi connectivity index (χ2v) is 16.6. The summed E-state index contributed by atoms with van der Waals surface area (Å²) in [6.07, 6.45) is -5.54. The highest BCUT2D eigenvalue weighted by atomic mass is 19.1. The standard InChI is InChI=1S/C41H49F2N3O18/c1-23(47)44-31(36(53)59-14-4-5-15-61-45(55)56)17-24-8-10-26(11-9-24)63-37(54)60-22-34(51)41(64-35(52)7-6-16-62-46(57)58)32(49)20-27-28-19-30(42)29-18-25(48)12-13-38(29,2)40(28,43)33(50)21-39(27,41)3/h8-13,27-28,31-33,49-50H,4-7,14-22H2,1-3H3,(H,44,47)/t27?,28?,31-,32+,33-,38-,39-,40-,41-/m0/s1. The molecule has 0 radical (unpaired) electrons. The lowest BCUT2D eigenvalue weighted by Crippen LogP contribution is -2.70. The number of unbranched alkanes of at least 4 members (excludes halogenated alkanes) is 1. The number of halogens is 2. The van der Waals surface area contributed by atoms with Gasteiger partial charge in [-0.2, -0.15) is 0 Å². The van der Waals surface area contributed by atoms with Crippen LogP contribution in [-0.2, 0) is 54.3 Å². The largest absolute Gasteiger partial charge is 0.514 e. The van der Waals surface area contributed by atoms with Gasteiger partial charge >= 0.3 is 18.1 Å². The van der Waals surface area contributed by atoms with Crippen LogP contribution in [0.5, 0.6) is 5.75 Å². The molecule has 2 saturated carbocycles. The van der Waals surface area contributed by atoms with Crippen molar-refractivity contribution in [1.29, 1.82) is 0 Å². The maximum atomic E-state index is 17.8. The first-order chi connectivity index (χ1) is 30.1. The van der Waals surface area contributed by atoms with Crippen molar-refractivity contribution >= 4 is 35.6 Å². The van der Waals surface area contributed by atoms with Crippen molar-refractivity contribution in [3.63, 3.8) is 0 Å². The van der Waals surface area contributed by atoms with E-state index in [4.69, 9.17) is 18.9 Å². The summed E-state index contributed by atoms with van der Waals surface area (Å²) >= 11 is 0. The number of carbonyl (C=O) groups is 6. The summed E-state index contributed by atoms with van der Waals surface area (Å²) in [7, 11) is 0. The van der Waals surface area contributed by atoms with E-state index in [0.29, 0.717) is 5.56 Å². The van der Waals surface area contributed by atoms with Gasteiger partial charge in [-0.3, -0.25) is 19.2 Å². The number of aliphatic hydroxyl groups excluding tert-OH is 2. The third kappa shape index (κ3) is 9.83. The lowest BCUT2D eigenvalue weighted by Gasteiger charge is -2.62. The number of esters is 2. The van der Waals surface area contributed by atoms with Crippen LogP contribution >= 0.6 is 0 Å². The molecule has 9 atom stereocenters. The predicted molar refractivity (Wildman–Crippen MR) is 209 cm³/mol. The van der Waals surface area contributed by atoms with Crippen molar-refractivity contribution in [2.75, 3.05) is 26.4 Å². The number of benzene rings is 1. The van der Waals surface area contributed by atoms with E-state index >= 15 is 8.78 Å². The van der Waals surface area contributed by atoms with Crippen molar-refractivity contribution in [3.05, 3.63) is 73.6 Å². The highest BCUT2D eigenvalue weighted by Crippen LogP contribution is 2.70. The van der Waals surface area contributed by atoms with E-state index in [9.17, 15) is 59.2 Å². The van der Waals surface area contributed by atoms with Gasteiger partial charge in [-0.15, -0.1) is 20.2 Å². The first-order valence-corrected chi connectivity index (χ1v) is 20.4. The van der Waals surface area contributed by atoms with Crippen molar-refractivity contribution < 1.29 is 86.6 Å². The molecule has 1 aromatic carbocycles. The molecule has 4 aliphatic carbocycles. The molecule has 5 rings (SSSR count). The van der Waals surface area contributed by atoms with E-state index in [1.165, 1.54) is 51.1 Å². The molecule has 0 saturated heterocycles. The van der Waals surface area contributed by atoms with Gasteiger partial charge in [0.1, 0.15) is 23.7 Å². The second-order valence-electron chi connectivity index (χ2n) is 16.6. The molecule has 0 aliphatic heterocycles. The van der Waals surface area contributed by atoms with E-state index in [1.807, 2.05) is 0 Å². The van der Waals surface area contributed by atoms with Gasteiger partial charge in [0, 0.05) is 49.4 Å². The van der Waals surface area contributed by atoms with Crippen LogP contribution < -0.4 is 10.1 Å². The van der Waals surface area contributed by atoms with E-state index in [1.54, 1.807) is 0 Å². The molecule has 0 spiro atoms. The predicted octanol–water partition coefficient (Wildman–Crippen LogP) is 3.26. The van der Waals surface area contributed by atoms with Crippen LogP contribution in [0.3, 0.4) is 0 Å². The monoisotopic (exact) mass is 909 g/mol. The summed E-state index contributed by atoms with van der Waals surface area (Å²) < 4.78 is 55.1. The molecule has 64 heavy (non-hydrogen) atoms. The fraction of sp³-hybridized carbons (Fsp3) is 0.610. The SMILES string of the molecule is CC(=O)N[C@@H](Cc1ccc(OC(=O)OCC(=O)[C@@]2(OC(=O)CCCO[N+](=O)[O-])[C@H](O)CC3C4CC(F)=C5CC(=O)C=C[C@]5(C)[C@@]4(F)[C@@H](O)C[C@@]32C)cc1)C(=O)OCCCCO[N+](=O)[O-]. The minimum Gasteiger partial charge on any atom is -0.464 e. The third-order valence-electron chi connectivity index (χ3n) is 12.8. The number of alkyl halides is 1. The number of nitrogens with zero attached hydrogens (tertiary/aromatic N) is 2. The van der Waals surface area contributed by atoms with E-state index < -0.39 is 149 Å². The van der Waals surface area contributed by atoms with Crippen LogP contribution in [0.4, 0.5) is 13.6 Å². The fourth-order valence-corrected chi connectivity index (χ4v) is 9.85. The molecule has 2 unspecified atom stereocenters. The number of fused-ring (bicyclic) bond motifs is 5. The van der Waals surface area contributed by atoms with Gasteiger partial charge in [0.2, 0.25) is 17.3 Å². The van der Waals surface area contributed by atoms with Crippen molar-refractivity contribution in [3.8, 4) is 5.75 Å². The van der Waals surface area contributed by atoms with Gasteiger partial charge in [-0.1, -0.05) is 25.1 Å². The van der Waals surface area contributed by atoms with Crippen LogP contribution in [0.25, 0.3) is 0 Å². The zero-order valence-electron chi connectivity index (χ0n) is 35.1. The number of ketones is 2. The summed E-state index contributed by atoms with van der Waals surface area (Å²) in [5, 5.41) is 44.9. The molecule has 0 heterocycles. The van der Waals surface area contributed by atoms with Crippen LogP contribution in [0.15, 0.2) is 47.8 Å². The highest BCUT2D eigenvalue weighted by Gasteiger charge is 2.78. The Balaban J connectivity index is 1.30. The first-order valence-electron chi connectivity index (χ1n) is 20.4. The Bertz CT molecular complexity index is 2080. The average Bonchev–Trinajstić information content (AvgIpc) is 3.43. The van der Waals surface area contributed by atoms with Crippen LogP contribution in [0.1, 0.15) is 77.7 Å². The normalized spacial score (nSPS) is 29.5. The molecule has 1 amide bonds. The molecule has 0 aromatic heterocycles. The molecule has 21 nitrogen and oxygen atoms in total. The lowest BCUT2D eigenvalue weighted by atomic mass is 9.45. The van der Waals surface area contributed by atoms with Crippen molar-refractivity contribution in [2.45, 2.75) is 108 Å². The maximum absolute atomic E-state index is 17.8. The number of allylic oxidation sites excluding steroid dienone is 4. The molecular weight excluding hydrogens is 860 g/mol. The summed E-state index contributed by atoms with van der Waals surface area (Å²) in [5.74, 6) is -7.62. The zero-order valence-corrected chi connectivity index (χ0v) is 35.1. The van der Waals surface area contributed by atoms with E-state index in [2.05, 4.69) is 15.0 Å². The Morgan fingerprint density at radius 3 is 2.22 bits per heavy atom. The number of amides is 1. The topological polar surface area (TPSA) is 297 Å². The van der Waals surface area contributed by atoms with Crippen molar-refractivity contribution in [1.82, 2.24) is 5.32 Å². The van der Waals surface area contributed by atoms with Crippen LogP contribution in [0, 0.1) is 42.9 Å². The second kappa shape index (κ2) is 19.7. The molecule has 0 bridgehead atoms. The number of Topliss-reactive ketones (excluding diaryl/α,β-unsaturated/α-hetero) is 1. The highest BCUT2D eigenvalue weighted by molar-refractivity contribution is 5.95. The Hall–Kier alpha value is -6.10. The minimum absolute atomic E-state index is 0.0630. The van der Waals surface area contributed by atoms with Gasteiger partial charge in [0.15, 0.2) is 18.1 Å². The van der Waals surface area contributed by atoms with Crippen LogP contribution in [0.2, 0.25) is 0 Å². The number of aliphatic hydroxyl groups is 2. The molecule has 3 N–H and O–H groups in total. The van der Waals surface area contributed by atoms with E-state index in [-0.39, 0.29) is 50.2 Å². The minimum atomic E-state index is -2.64. The Morgan fingerprint density at radius 1 is 0.938 bits per heavy atom. The number of hydrogen-bond acceptors (Lipinski definition) is 18. The fourth-order valence-electron chi connectivity index (χ4n) is 9.85. The van der Waals surface area contributed by atoms with Gasteiger partial charge in [0.05, 0.1) is 25.9 Å². The smallest absolute Gasteiger partial charge is 0.464 e. The Kier molecular flexibility index (Phi) is 15.1. The lowest BCUT2D eigenvalue weighted by molar-refractivity contribution is -0.757. The Morgan fingerprint density at radius 2 is 1.58 bits per heavy atom. The molecule has 2 fully saturated rings. The summed E-state index contributed by atoms with van der Waals surface area (Å²) in [5.41, 5.74) is -8.55. The van der Waals surface area contributed by atoms with Gasteiger partial charge in [0.25, 0.3) is 10.2 Å². The molecule has 1 aromatic rings. The quantitative estimate of drug-likeness (QED) is 0.0422. The summed E-state index contributed by atoms with van der Waals surface area (Å²) in [6, 6.07) is 4.36. The number of carbonyl (C=O) groups excluding carboxylic acids is 6. The molecule has 350 valence electrons. The zero-order chi connectivity index (χ0) is 47.2. The first kappa shape index (κ1) is 48.9. The summed E-state index contributed by atoms with van der Waals surface area (Å²) in [4.78, 5) is 107. The van der Waals surface area contributed by atoms with Gasteiger partial charge < -0.3 is 44.2 Å². The van der Waals surface area contributed by atoms with Crippen LogP contribution in [-0.4, -0.2) is 112 Å².